The third kappa shape index (κ3) is 5.49. The number of hydrogen-bond donors (Lipinski definition) is 0. The van der Waals surface area contributed by atoms with Crippen molar-refractivity contribution in [3.05, 3.63) is 248 Å². The van der Waals surface area contributed by atoms with Gasteiger partial charge in [-0.05, 0) is 87.5 Å². The molecule has 0 saturated carbocycles. The minimum absolute atomic E-state index is 0.654. The molecule has 13 aromatic rings. The van der Waals surface area contributed by atoms with Gasteiger partial charge in [0.1, 0.15) is 0 Å². The van der Waals surface area contributed by atoms with E-state index in [4.69, 9.17) is 0 Å². The van der Waals surface area contributed by atoms with E-state index in [0.717, 1.165) is 55.4 Å². The van der Waals surface area contributed by atoms with Gasteiger partial charge in [-0.2, -0.15) is 5.26 Å². The summed E-state index contributed by atoms with van der Waals surface area (Å²) in [5.74, 6) is 0. The van der Waals surface area contributed by atoms with E-state index >= 15 is 0 Å². The molecule has 3 heterocycles. The van der Waals surface area contributed by atoms with Gasteiger partial charge in [0.25, 0.3) is 0 Å². The largest absolute Gasteiger partial charge is 0.309 e. The number of hydrogen-bond acceptors (Lipinski definition) is 1. The molecule has 0 N–H and O–H groups in total. The molecule has 10 aromatic carbocycles. The fraction of sp³-hybridized carbons (Fsp3) is 0. The molecule has 0 fully saturated rings. The van der Waals surface area contributed by atoms with Crippen molar-refractivity contribution >= 4 is 94.2 Å². The Bertz CT molecular complexity index is 3950. The van der Waals surface area contributed by atoms with Gasteiger partial charge in [0.2, 0.25) is 0 Å². The summed E-state index contributed by atoms with van der Waals surface area (Å²) in [4.78, 5) is 0. The lowest BCUT2D eigenvalue weighted by molar-refractivity contribution is 1.13. The van der Waals surface area contributed by atoms with Crippen LogP contribution in [-0.2, 0) is 0 Å². The highest BCUT2D eigenvalue weighted by atomic mass is 28.3. The molecule has 0 aliphatic rings. The van der Waals surface area contributed by atoms with Gasteiger partial charge in [-0.1, -0.05) is 176 Å². The number of fused-ring (bicyclic) bond motifs is 9. The minimum Gasteiger partial charge on any atom is -0.309 e. The van der Waals surface area contributed by atoms with Crippen LogP contribution in [0, 0.1) is 11.3 Å². The maximum Gasteiger partial charge on any atom is 0.179 e. The molecule has 5 heteroatoms. The quantitative estimate of drug-likeness (QED) is 0.116. The molecule has 0 saturated heterocycles. The third-order valence-electron chi connectivity index (χ3n) is 13.8. The molecule has 0 radical (unpaired) electrons. The van der Waals surface area contributed by atoms with E-state index in [9.17, 15) is 5.26 Å². The Morgan fingerprint density at radius 2 is 0.758 bits per heavy atom. The van der Waals surface area contributed by atoms with Crippen molar-refractivity contribution in [2.75, 3.05) is 0 Å². The van der Waals surface area contributed by atoms with Crippen molar-refractivity contribution < 1.29 is 0 Å². The monoisotopic (exact) mass is 856 g/mol. The summed E-state index contributed by atoms with van der Waals surface area (Å²) in [5.41, 5.74) is 10.7. The molecular weight excluding hydrogens is 817 g/mol. The van der Waals surface area contributed by atoms with E-state index in [0.29, 0.717) is 5.56 Å². The zero-order valence-corrected chi connectivity index (χ0v) is 36.9. The Kier molecular flexibility index (Phi) is 8.57. The summed E-state index contributed by atoms with van der Waals surface area (Å²) in [6.07, 6.45) is 0. The molecule has 0 amide bonds. The van der Waals surface area contributed by atoms with Crippen molar-refractivity contribution in [2.24, 2.45) is 0 Å². The summed E-state index contributed by atoms with van der Waals surface area (Å²) >= 11 is 0. The van der Waals surface area contributed by atoms with Crippen LogP contribution < -0.4 is 20.7 Å². The Morgan fingerprint density at radius 3 is 1.36 bits per heavy atom. The van der Waals surface area contributed by atoms with Crippen LogP contribution in [0.3, 0.4) is 0 Å². The van der Waals surface area contributed by atoms with Gasteiger partial charge in [-0.25, -0.2) is 0 Å². The summed E-state index contributed by atoms with van der Waals surface area (Å²) in [6, 6.07) is 91.0. The normalized spacial score (nSPS) is 11.9. The van der Waals surface area contributed by atoms with Crippen LogP contribution in [0.5, 0.6) is 0 Å². The smallest absolute Gasteiger partial charge is 0.179 e. The average molecular weight is 857 g/mol. The van der Waals surface area contributed by atoms with E-state index in [1.807, 2.05) is 12.1 Å². The van der Waals surface area contributed by atoms with Crippen LogP contribution in [0.4, 0.5) is 0 Å². The van der Waals surface area contributed by atoms with E-state index in [1.54, 1.807) is 0 Å². The number of nitrogens with zero attached hydrogens (tertiary/aromatic N) is 4. The summed E-state index contributed by atoms with van der Waals surface area (Å²) in [7, 11) is -2.71. The van der Waals surface area contributed by atoms with E-state index < -0.39 is 8.07 Å². The van der Waals surface area contributed by atoms with Crippen LogP contribution in [-0.4, -0.2) is 21.8 Å². The zero-order valence-electron chi connectivity index (χ0n) is 35.9. The highest BCUT2D eigenvalue weighted by Crippen LogP contribution is 2.41. The summed E-state index contributed by atoms with van der Waals surface area (Å²) in [5, 5.41) is 22.3. The second kappa shape index (κ2) is 15.0. The summed E-state index contributed by atoms with van der Waals surface area (Å²) in [6.45, 7) is 0. The number of aromatic nitrogens is 3. The maximum atomic E-state index is 9.90. The van der Waals surface area contributed by atoms with Crippen molar-refractivity contribution in [2.45, 2.75) is 0 Å². The van der Waals surface area contributed by atoms with Gasteiger partial charge in [-0.3, -0.25) is 0 Å². The molecule has 308 valence electrons. The first-order valence-electron chi connectivity index (χ1n) is 22.5. The Morgan fingerprint density at radius 1 is 0.303 bits per heavy atom. The number of nitriles is 1. The molecular formula is C61H40N4Si. The van der Waals surface area contributed by atoms with Gasteiger partial charge < -0.3 is 13.7 Å². The fourth-order valence-corrected chi connectivity index (χ4v) is 15.8. The lowest BCUT2D eigenvalue weighted by Crippen LogP contribution is -2.74. The van der Waals surface area contributed by atoms with Crippen LogP contribution in [0.2, 0.25) is 0 Å². The number of benzene rings is 10. The average Bonchev–Trinajstić information content (AvgIpc) is 4.03. The van der Waals surface area contributed by atoms with Crippen molar-refractivity contribution in [1.29, 1.82) is 5.26 Å². The first-order chi connectivity index (χ1) is 32.7. The van der Waals surface area contributed by atoms with Crippen LogP contribution in [0.1, 0.15) is 5.56 Å². The molecule has 0 unspecified atom stereocenters. The molecule has 0 bridgehead atoms. The van der Waals surface area contributed by atoms with Crippen LogP contribution in [0.15, 0.2) is 243 Å². The molecule has 4 nitrogen and oxygen atoms in total. The molecule has 13 rings (SSSR count). The van der Waals surface area contributed by atoms with E-state index in [1.165, 1.54) is 47.8 Å². The second-order valence-corrected chi connectivity index (χ2v) is 21.0. The van der Waals surface area contributed by atoms with E-state index in [2.05, 4.69) is 250 Å². The number of para-hydroxylation sites is 4. The highest BCUT2D eigenvalue weighted by Gasteiger charge is 2.41. The van der Waals surface area contributed by atoms with Gasteiger partial charge >= 0.3 is 0 Å². The fourth-order valence-electron chi connectivity index (χ4n) is 11.1. The molecule has 0 atom stereocenters. The Balaban J connectivity index is 1.05. The topological polar surface area (TPSA) is 38.6 Å². The van der Waals surface area contributed by atoms with Crippen molar-refractivity contribution in [3.63, 3.8) is 0 Å². The van der Waals surface area contributed by atoms with E-state index in [-0.39, 0.29) is 0 Å². The molecule has 3 aromatic heterocycles. The SMILES string of the molecule is N#Cc1ccc2c(c1)c1ccccc1n2-c1cccc2c3ccccc3n(-c3ccc4c5ccccc5n(-c5ccc([Si](c6ccccc6)(c6ccccc6)c6ccccc6)cc5)c4c3)c12. The Hall–Kier alpha value is -8.69. The Labute approximate surface area is 382 Å². The maximum absolute atomic E-state index is 9.90. The summed E-state index contributed by atoms with van der Waals surface area (Å²) < 4.78 is 7.28. The van der Waals surface area contributed by atoms with Crippen molar-refractivity contribution in [1.82, 2.24) is 13.7 Å². The highest BCUT2D eigenvalue weighted by molar-refractivity contribution is 7.19. The third-order valence-corrected chi connectivity index (χ3v) is 18.6. The van der Waals surface area contributed by atoms with Gasteiger partial charge in [0, 0.05) is 43.7 Å². The predicted molar refractivity (Wildman–Crippen MR) is 278 cm³/mol. The molecule has 0 aliphatic carbocycles. The van der Waals surface area contributed by atoms with Gasteiger partial charge in [-0.15, -0.1) is 0 Å². The first kappa shape index (κ1) is 37.8. The second-order valence-electron chi connectivity index (χ2n) is 17.2. The predicted octanol–water partition coefficient (Wildman–Crippen LogP) is 12.2. The standard InChI is InChI=1S/C61H40N4Si/c62-41-42-31-38-58-54(39-42)51-25-12-15-29-57(51)65(58)59-30-16-26-53-50-24-11-14-28-56(50)64(61(53)59)44-34-37-52-49-23-10-13-27-55(49)63(60(52)40-44)43-32-35-48(36-33-43)66(45-17-4-1-5-18-45,46-19-6-2-7-20-46)47-21-8-3-9-22-47/h1-40H. The molecule has 0 spiro atoms. The lowest BCUT2D eigenvalue weighted by atomic mass is 10.1. The zero-order chi connectivity index (χ0) is 43.8. The molecule has 66 heavy (non-hydrogen) atoms. The molecule has 0 aliphatic heterocycles. The number of rotatable bonds is 7. The van der Waals surface area contributed by atoms with Crippen LogP contribution in [0.25, 0.3) is 82.5 Å². The van der Waals surface area contributed by atoms with Gasteiger partial charge in [0.15, 0.2) is 8.07 Å². The minimum atomic E-state index is -2.71. The first-order valence-corrected chi connectivity index (χ1v) is 24.5. The van der Waals surface area contributed by atoms with Crippen LogP contribution >= 0.6 is 0 Å². The lowest BCUT2D eigenvalue weighted by Gasteiger charge is -2.34. The van der Waals surface area contributed by atoms with Crippen molar-refractivity contribution in [3.8, 4) is 23.1 Å². The van der Waals surface area contributed by atoms with Gasteiger partial charge in [0.05, 0.1) is 50.4 Å².